The van der Waals surface area contributed by atoms with Gasteiger partial charge in [0.2, 0.25) is 0 Å². The first-order chi connectivity index (χ1) is 13.3. The fourth-order valence-corrected chi connectivity index (χ4v) is 3.28. The van der Waals surface area contributed by atoms with Gasteiger partial charge in [0.15, 0.2) is 17.7 Å². The van der Waals surface area contributed by atoms with Crippen LogP contribution in [0.4, 0.5) is 13.2 Å². The highest BCUT2D eigenvalue weighted by Crippen LogP contribution is 2.37. The molecule has 0 unspecified atom stereocenters. The minimum atomic E-state index is -4.72. The Bertz CT molecular complexity index is 993. The van der Waals surface area contributed by atoms with E-state index in [4.69, 9.17) is 4.74 Å². The molecule has 3 heterocycles. The van der Waals surface area contributed by atoms with Crippen molar-refractivity contribution in [1.82, 2.24) is 14.5 Å². The lowest BCUT2D eigenvalue weighted by molar-refractivity contribution is -0.139. The molecule has 7 nitrogen and oxygen atoms in total. The SMILES string of the molecule is OC[C@H]1O[C@@H](n2ccc3c(C(F)(F)F)nc(-c4ccccc4)nc32)[C@H](O)[C@@H]1O. The molecule has 4 rings (SSSR count). The summed E-state index contributed by atoms with van der Waals surface area (Å²) in [6, 6.07) is 9.38. The number of hydrogen-bond donors (Lipinski definition) is 3. The molecule has 3 aromatic rings. The number of aliphatic hydroxyl groups excluding tert-OH is 3. The molecule has 0 spiro atoms. The topological polar surface area (TPSA) is 101 Å². The number of aliphatic hydroxyl groups is 3. The average molecular weight is 395 g/mol. The molecule has 148 valence electrons. The molecule has 0 amide bonds. The minimum absolute atomic E-state index is 0.101. The summed E-state index contributed by atoms with van der Waals surface area (Å²) in [5.74, 6) is -0.132. The zero-order valence-electron chi connectivity index (χ0n) is 14.3. The van der Waals surface area contributed by atoms with Gasteiger partial charge in [-0.1, -0.05) is 30.3 Å². The van der Waals surface area contributed by atoms with Gasteiger partial charge in [-0.05, 0) is 6.07 Å². The number of rotatable bonds is 3. The second kappa shape index (κ2) is 6.82. The summed E-state index contributed by atoms with van der Waals surface area (Å²) in [6.07, 6.45) is -8.54. The summed E-state index contributed by atoms with van der Waals surface area (Å²) in [4.78, 5) is 7.96. The maximum Gasteiger partial charge on any atom is 0.434 e. The van der Waals surface area contributed by atoms with E-state index in [9.17, 15) is 28.5 Å². The van der Waals surface area contributed by atoms with Crippen LogP contribution in [-0.4, -0.2) is 54.8 Å². The summed E-state index contributed by atoms with van der Waals surface area (Å²) in [6.45, 7) is -0.550. The molecular formula is C18H16F3N3O4. The summed E-state index contributed by atoms with van der Waals surface area (Å²) in [5, 5.41) is 29.2. The number of benzene rings is 1. The van der Waals surface area contributed by atoms with Gasteiger partial charge in [0, 0.05) is 17.1 Å². The van der Waals surface area contributed by atoms with Crippen LogP contribution >= 0.6 is 0 Å². The number of fused-ring (bicyclic) bond motifs is 1. The molecular weight excluding hydrogens is 379 g/mol. The van der Waals surface area contributed by atoms with Crippen molar-refractivity contribution >= 4 is 11.0 Å². The smallest absolute Gasteiger partial charge is 0.394 e. The van der Waals surface area contributed by atoms with Crippen molar-refractivity contribution in [3.8, 4) is 11.4 Å². The molecule has 1 fully saturated rings. The fourth-order valence-electron chi connectivity index (χ4n) is 3.28. The van der Waals surface area contributed by atoms with Crippen molar-refractivity contribution in [3.05, 3.63) is 48.3 Å². The molecule has 10 heteroatoms. The predicted molar refractivity (Wildman–Crippen MR) is 91.0 cm³/mol. The van der Waals surface area contributed by atoms with Crippen LogP contribution in [0.1, 0.15) is 11.9 Å². The van der Waals surface area contributed by atoms with Crippen molar-refractivity contribution in [2.24, 2.45) is 0 Å². The number of aromatic nitrogens is 3. The molecule has 1 aromatic carbocycles. The van der Waals surface area contributed by atoms with Gasteiger partial charge < -0.3 is 24.6 Å². The Balaban J connectivity index is 1.91. The van der Waals surface area contributed by atoms with E-state index < -0.39 is 43.0 Å². The van der Waals surface area contributed by atoms with Crippen LogP contribution in [0.25, 0.3) is 22.4 Å². The molecule has 2 aromatic heterocycles. The van der Waals surface area contributed by atoms with Crippen LogP contribution < -0.4 is 0 Å². The maximum atomic E-state index is 13.6. The van der Waals surface area contributed by atoms with E-state index in [1.165, 1.54) is 16.8 Å². The normalized spacial score (nSPS) is 25.5. The zero-order valence-corrected chi connectivity index (χ0v) is 14.3. The third-order valence-electron chi connectivity index (χ3n) is 4.66. The largest absolute Gasteiger partial charge is 0.434 e. The number of ether oxygens (including phenoxy) is 1. The van der Waals surface area contributed by atoms with Gasteiger partial charge in [-0.15, -0.1) is 0 Å². The first-order valence-electron chi connectivity index (χ1n) is 8.45. The number of hydrogen-bond acceptors (Lipinski definition) is 6. The maximum absolute atomic E-state index is 13.6. The van der Waals surface area contributed by atoms with Gasteiger partial charge in [-0.3, -0.25) is 0 Å². The molecule has 0 bridgehead atoms. The highest BCUT2D eigenvalue weighted by atomic mass is 19.4. The van der Waals surface area contributed by atoms with Gasteiger partial charge in [0.05, 0.1) is 6.61 Å². The van der Waals surface area contributed by atoms with Crippen LogP contribution in [0.3, 0.4) is 0 Å². The number of nitrogens with zero attached hydrogens (tertiary/aromatic N) is 3. The average Bonchev–Trinajstić information content (AvgIpc) is 3.22. The highest BCUT2D eigenvalue weighted by Gasteiger charge is 2.44. The Morgan fingerprint density at radius 2 is 1.75 bits per heavy atom. The lowest BCUT2D eigenvalue weighted by atomic mass is 10.1. The molecule has 1 aliphatic rings. The van der Waals surface area contributed by atoms with Crippen LogP contribution in [0, 0.1) is 0 Å². The van der Waals surface area contributed by atoms with Crippen LogP contribution in [0.15, 0.2) is 42.6 Å². The Morgan fingerprint density at radius 1 is 1.04 bits per heavy atom. The van der Waals surface area contributed by atoms with Crippen LogP contribution in [0.5, 0.6) is 0 Å². The van der Waals surface area contributed by atoms with Crippen LogP contribution in [-0.2, 0) is 10.9 Å². The standard InChI is InChI=1S/C18H16F3N3O4/c19-18(20,21)14-10-6-7-24(17-13(27)12(26)11(8-25)28-17)16(10)23-15(22-14)9-4-2-1-3-5-9/h1-7,11-13,17,25-27H,8H2/t11-,12-,13-,17-/m1/s1. The van der Waals surface area contributed by atoms with Crippen molar-refractivity contribution in [1.29, 1.82) is 0 Å². The van der Waals surface area contributed by atoms with E-state index >= 15 is 0 Å². The van der Waals surface area contributed by atoms with E-state index in [0.717, 1.165) is 0 Å². The van der Waals surface area contributed by atoms with Crippen molar-refractivity contribution in [2.45, 2.75) is 30.7 Å². The van der Waals surface area contributed by atoms with E-state index in [2.05, 4.69) is 9.97 Å². The monoisotopic (exact) mass is 395 g/mol. The molecule has 0 aliphatic carbocycles. The van der Waals surface area contributed by atoms with Gasteiger partial charge >= 0.3 is 6.18 Å². The fraction of sp³-hybridized carbons (Fsp3) is 0.333. The number of halogens is 3. The second-order valence-corrected chi connectivity index (χ2v) is 6.45. The van der Waals surface area contributed by atoms with Gasteiger partial charge in [0.1, 0.15) is 24.0 Å². The van der Waals surface area contributed by atoms with Crippen molar-refractivity contribution < 1.29 is 33.2 Å². The summed E-state index contributed by atoms with van der Waals surface area (Å²) < 4.78 is 47.4. The van der Waals surface area contributed by atoms with Gasteiger partial charge in [-0.25, -0.2) is 9.97 Å². The molecule has 3 N–H and O–H groups in total. The Morgan fingerprint density at radius 3 is 2.36 bits per heavy atom. The lowest BCUT2D eigenvalue weighted by Gasteiger charge is -2.18. The Kier molecular flexibility index (Phi) is 4.58. The third-order valence-corrected chi connectivity index (χ3v) is 4.66. The summed E-state index contributed by atoms with van der Waals surface area (Å²) in [7, 11) is 0. The van der Waals surface area contributed by atoms with Crippen LogP contribution in [0.2, 0.25) is 0 Å². The second-order valence-electron chi connectivity index (χ2n) is 6.45. The quantitative estimate of drug-likeness (QED) is 0.625. The molecule has 4 atom stereocenters. The molecule has 28 heavy (non-hydrogen) atoms. The Hall–Kier alpha value is -2.53. The van der Waals surface area contributed by atoms with E-state index in [1.807, 2.05) is 0 Å². The zero-order chi connectivity index (χ0) is 20.1. The summed E-state index contributed by atoms with van der Waals surface area (Å²) in [5.41, 5.74) is -0.818. The first kappa shape index (κ1) is 18.8. The molecule has 0 radical (unpaired) electrons. The van der Waals surface area contributed by atoms with Gasteiger partial charge in [0.25, 0.3) is 0 Å². The first-order valence-corrected chi connectivity index (χ1v) is 8.45. The Labute approximate surface area is 156 Å². The molecule has 0 saturated carbocycles. The lowest BCUT2D eigenvalue weighted by Crippen LogP contribution is -2.33. The van der Waals surface area contributed by atoms with E-state index in [-0.39, 0.29) is 16.9 Å². The predicted octanol–water partition coefficient (Wildman–Crippen LogP) is 1.73. The molecule has 1 saturated heterocycles. The highest BCUT2D eigenvalue weighted by molar-refractivity contribution is 5.81. The van der Waals surface area contributed by atoms with Gasteiger partial charge in [-0.2, -0.15) is 13.2 Å². The van der Waals surface area contributed by atoms with E-state index in [0.29, 0.717) is 5.56 Å². The summed E-state index contributed by atoms with van der Waals surface area (Å²) >= 11 is 0. The molecule has 1 aliphatic heterocycles. The van der Waals surface area contributed by atoms with Crippen molar-refractivity contribution in [3.63, 3.8) is 0 Å². The van der Waals surface area contributed by atoms with Crippen molar-refractivity contribution in [2.75, 3.05) is 6.61 Å². The number of alkyl halides is 3. The minimum Gasteiger partial charge on any atom is -0.394 e. The third kappa shape index (κ3) is 3.04. The van der Waals surface area contributed by atoms with E-state index in [1.54, 1.807) is 30.3 Å².